The number of nitrogens with one attached hydrogen (secondary N) is 1. The van der Waals surface area contributed by atoms with E-state index in [1.54, 1.807) is 17.0 Å². The van der Waals surface area contributed by atoms with Crippen molar-refractivity contribution in [2.75, 3.05) is 13.1 Å². The van der Waals surface area contributed by atoms with Crippen molar-refractivity contribution in [1.82, 2.24) is 19.5 Å². The molecule has 6 rings (SSSR count). The van der Waals surface area contributed by atoms with Crippen LogP contribution in [0.15, 0.2) is 84.0 Å². The minimum atomic E-state index is -3.95. The van der Waals surface area contributed by atoms with Crippen LogP contribution < -0.4 is 5.32 Å². The maximum atomic E-state index is 13.8. The van der Waals surface area contributed by atoms with Gasteiger partial charge in [0.1, 0.15) is 6.04 Å². The van der Waals surface area contributed by atoms with Crippen molar-refractivity contribution in [1.29, 1.82) is 0 Å². The summed E-state index contributed by atoms with van der Waals surface area (Å²) in [4.78, 5) is 46.9. The summed E-state index contributed by atoms with van der Waals surface area (Å²) in [5.74, 6) is -1.05. The number of amides is 2. The van der Waals surface area contributed by atoms with E-state index >= 15 is 0 Å². The highest BCUT2D eigenvalue weighted by molar-refractivity contribution is 7.89. The first-order valence-electron chi connectivity index (χ1n) is 13.4. The van der Waals surface area contributed by atoms with Gasteiger partial charge in [0.15, 0.2) is 10.8 Å². The maximum Gasteiger partial charge on any atom is 0.264 e. The van der Waals surface area contributed by atoms with Gasteiger partial charge in [-0.05, 0) is 53.6 Å². The van der Waals surface area contributed by atoms with Gasteiger partial charge in [-0.2, -0.15) is 4.31 Å². The Kier molecular flexibility index (Phi) is 7.41. The number of Topliss-reactive ketones (excluding diaryl/α,β-unsaturated/α-hetero) is 1. The normalized spacial score (nSPS) is 19.9. The molecule has 2 aromatic carbocycles. The Morgan fingerprint density at radius 1 is 0.951 bits per heavy atom. The smallest absolute Gasteiger partial charge is 0.264 e. The van der Waals surface area contributed by atoms with E-state index in [4.69, 9.17) is 0 Å². The molecule has 2 unspecified atom stereocenters. The number of sulfonamides is 1. The van der Waals surface area contributed by atoms with Gasteiger partial charge in [0.2, 0.25) is 5.91 Å². The largest absolute Gasteiger partial charge is 0.344 e. The molecule has 1 N–H and O–H groups in total. The second-order valence-corrected chi connectivity index (χ2v) is 13.2. The summed E-state index contributed by atoms with van der Waals surface area (Å²) in [7, 11) is -3.95. The summed E-state index contributed by atoms with van der Waals surface area (Å²) < 4.78 is 28.3. The first-order valence-corrected chi connectivity index (χ1v) is 15.7. The average molecular weight is 589 g/mol. The van der Waals surface area contributed by atoms with Crippen LogP contribution in [0.25, 0.3) is 10.1 Å². The van der Waals surface area contributed by atoms with Crippen molar-refractivity contribution < 1.29 is 22.8 Å². The number of ketones is 1. The predicted octanol–water partition coefficient (Wildman–Crippen LogP) is 3.40. The number of hydrogen-bond acceptors (Lipinski definition) is 7. The van der Waals surface area contributed by atoms with Gasteiger partial charge in [-0.25, -0.2) is 13.4 Å². The zero-order valence-electron chi connectivity index (χ0n) is 22.1. The molecule has 0 bridgehead atoms. The van der Waals surface area contributed by atoms with Gasteiger partial charge in [-0.15, -0.1) is 11.3 Å². The second kappa shape index (κ2) is 11.2. The summed E-state index contributed by atoms with van der Waals surface area (Å²) in [6.45, 7) is 0.0577. The third-order valence-corrected chi connectivity index (χ3v) is 10.5. The molecule has 2 aromatic heterocycles. The molecular weight excluding hydrogens is 560 g/mol. The van der Waals surface area contributed by atoms with E-state index in [0.717, 1.165) is 25.5 Å². The lowest BCUT2D eigenvalue weighted by Crippen LogP contribution is -2.55. The molecule has 2 aliphatic rings. The molecule has 1 fully saturated rings. The van der Waals surface area contributed by atoms with Crippen LogP contribution in [0.5, 0.6) is 0 Å². The zero-order chi connectivity index (χ0) is 28.6. The van der Waals surface area contributed by atoms with Gasteiger partial charge in [0.05, 0.1) is 17.5 Å². The third-order valence-electron chi connectivity index (χ3n) is 7.63. The van der Waals surface area contributed by atoms with Gasteiger partial charge in [0.25, 0.3) is 15.9 Å². The Bertz CT molecular complexity index is 1700. The lowest BCUT2D eigenvalue weighted by molar-refractivity contribution is -0.130. The van der Waals surface area contributed by atoms with Crippen LogP contribution >= 0.6 is 11.3 Å². The SMILES string of the molecule is O=C1CN(S(=O)(=O)c2ccccn2)CCCC1NC(=O)C1Cc2ccccc2CN1C(=O)c1cc2ccccc2s1. The van der Waals surface area contributed by atoms with Crippen LogP contribution in [-0.2, 0) is 32.6 Å². The molecule has 0 radical (unpaired) electrons. The van der Waals surface area contributed by atoms with Crippen molar-refractivity contribution in [2.45, 2.75) is 42.9 Å². The quantitative estimate of drug-likeness (QED) is 0.382. The van der Waals surface area contributed by atoms with Crippen molar-refractivity contribution >= 4 is 49.0 Å². The molecule has 2 aliphatic heterocycles. The highest BCUT2D eigenvalue weighted by atomic mass is 32.2. The molecular formula is C30H28N4O5S2. The van der Waals surface area contributed by atoms with E-state index in [1.165, 1.54) is 23.6 Å². The predicted molar refractivity (Wildman–Crippen MR) is 155 cm³/mol. The lowest BCUT2D eigenvalue weighted by atomic mass is 9.92. The van der Waals surface area contributed by atoms with E-state index in [9.17, 15) is 22.8 Å². The Morgan fingerprint density at radius 2 is 1.71 bits per heavy atom. The Balaban J connectivity index is 1.22. The first-order chi connectivity index (χ1) is 19.8. The summed E-state index contributed by atoms with van der Waals surface area (Å²) in [6, 6.07) is 20.3. The molecule has 9 nitrogen and oxygen atoms in total. The molecule has 0 saturated carbocycles. The minimum Gasteiger partial charge on any atom is -0.344 e. The van der Waals surface area contributed by atoms with Crippen LogP contribution in [0.1, 0.15) is 33.6 Å². The molecule has 11 heteroatoms. The van der Waals surface area contributed by atoms with Crippen molar-refractivity contribution in [3.8, 4) is 0 Å². The topological polar surface area (TPSA) is 117 Å². The molecule has 0 spiro atoms. The van der Waals surface area contributed by atoms with Gasteiger partial charge in [-0.3, -0.25) is 14.4 Å². The number of carbonyl (C=O) groups is 3. The monoisotopic (exact) mass is 588 g/mol. The number of nitrogens with zero attached hydrogens (tertiary/aromatic N) is 3. The standard InChI is InChI=1S/C30H28N4O5S2/c35-25-19-33(41(38,39)28-13-5-6-14-31-28)15-7-11-23(25)32-29(36)24-16-20-8-1-2-10-22(20)18-34(24)30(37)27-17-21-9-3-4-12-26(21)40-27/h1-6,8-10,12-14,17,23-24H,7,11,15-16,18-19H2,(H,32,36). The Morgan fingerprint density at radius 3 is 2.49 bits per heavy atom. The van der Waals surface area contributed by atoms with E-state index in [1.807, 2.05) is 54.6 Å². The number of benzene rings is 2. The van der Waals surface area contributed by atoms with Crippen molar-refractivity contribution in [2.24, 2.45) is 0 Å². The highest BCUT2D eigenvalue weighted by Gasteiger charge is 2.39. The molecule has 210 valence electrons. The van der Waals surface area contributed by atoms with Gasteiger partial charge in [0, 0.05) is 30.4 Å². The number of fused-ring (bicyclic) bond motifs is 2. The molecule has 2 atom stereocenters. The van der Waals surface area contributed by atoms with E-state index in [2.05, 4.69) is 10.3 Å². The number of carbonyl (C=O) groups excluding carboxylic acids is 3. The molecule has 1 saturated heterocycles. The summed E-state index contributed by atoms with van der Waals surface area (Å²) in [5.41, 5.74) is 1.96. The second-order valence-electron chi connectivity index (χ2n) is 10.2. The summed E-state index contributed by atoms with van der Waals surface area (Å²) in [6.07, 6.45) is 2.40. The van der Waals surface area contributed by atoms with Crippen LogP contribution in [0.3, 0.4) is 0 Å². The van der Waals surface area contributed by atoms with E-state index < -0.39 is 33.8 Å². The van der Waals surface area contributed by atoms with Crippen LogP contribution in [-0.4, -0.2) is 65.4 Å². The number of pyridine rings is 1. The van der Waals surface area contributed by atoms with Gasteiger partial charge >= 0.3 is 0 Å². The summed E-state index contributed by atoms with van der Waals surface area (Å²) in [5, 5.41) is 3.72. The Hall–Kier alpha value is -3.93. The fraction of sp³-hybridized carbons (Fsp3) is 0.267. The number of aromatic nitrogens is 1. The number of rotatable bonds is 5. The summed E-state index contributed by atoms with van der Waals surface area (Å²) >= 11 is 1.39. The molecule has 2 amide bonds. The van der Waals surface area contributed by atoms with E-state index in [0.29, 0.717) is 24.1 Å². The first kappa shape index (κ1) is 27.3. The van der Waals surface area contributed by atoms with Gasteiger partial charge < -0.3 is 10.2 Å². The van der Waals surface area contributed by atoms with E-state index in [-0.39, 0.29) is 30.6 Å². The van der Waals surface area contributed by atoms with Crippen LogP contribution in [0, 0.1) is 0 Å². The third kappa shape index (κ3) is 5.40. The zero-order valence-corrected chi connectivity index (χ0v) is 23.7. The minimum absolute atomic E-state index is 0.119. The number of thiophene rings is 1. The fourth-order valence-electron chi connectivity index (χ4n) is 5.45. The molecule has 4 aromatic rings. The fourth-order valence-corrected chi connectivity index (χ4v) is 7.85. The van der Waals surface area contributed by atoms with Crippen LogP contribution in [0.2, 0.25) is 0 Å². The average Bonchev–Trinajstić information content (AvgIpc) is 3.34. The Labute approximate surface area is 241 Å². The lowest BCUT2D eigenvalue weighted by Gasteiger charge is -2.36. The van der Waals surface area contributed by atoms with Gasteiger partial charge in [-0.1, -0.05) is 48.5 Å². The molecule has 0 aliphatic carbocycles. The van der Waals surface area contributed by atoms with Crippen LogP contribution in [0.4, 0.5) is 0 Å². The van der Waals surface area contributed by atoms with Crippen molar-refractivity contribution in [3.63, 3.8) is 0 Å². The highest BCUT2D eigenvalue weighted by Crippen LogP contribution is 2.30. The maximum absolute atomic E-state index is 13.8. The molecule has 4 heterocycles. The molecule has 41 heavy (non-hydrogen) atoms. The van der Waals surface area contributed by atoms with Crippen molar-refractivity contribution in [3.05, 3.63) is 95.0 Å². The number of hydrogen-bond donors (Lipinski definition) is 1.